The fraction of sp³-hybridized carbons (Fsp3) is 0.391. The van der Waals surface area contributed by atoms with Crippen molar-refractivity contribution in [1.29, 1.82) is 0 Å². The van der Waals surface area contributed by atoms with Crippen LogP contribution in [-0.2, 0) is 14.8 Å². The van der Waals surface area contributed by atoms with Crippen molar-refractivity contribution in [2.75, 3.05) is 13.2 Å². The molecule has 33 heavy (non-hydrogen) atoms. The van der Waals surface area contributed by atoms with Crippen LogP contribution in [-0.4, -0.2) is 44.3 Å². The predicted octanol–water partition coefficient (Wildman–Crippen LogP) is 3.08. The van der Waals surface area contributed by atoms with Gasteiger partial charge in [-0.05, 0) is 43.2 Å². The van der Waals surface area contributed by atoms with E-state index >= 15 is 0 Å². The van der Waals surface area contributed by atoms with Crippen molar-refractivity contribution < 1.29 is 27.5 Å². The molecule has 178 valence electrons. The second-order valence-electron chi connectivity index (χ2n) is 7.35. The molecule has 0 atom stereocenters. The number of amides is 2. The Morgan fingerprint density at radius 3 is 2.39 bits per heavy atom. The molecule has 2 rings (SSSR count). The molecule has 9 nitrogen and oxygen atoms in total. The van der Waals surface area contributed by atoms with Gasteiger partial charge in [-0.3, -0.25) is 9.59 Å². The van der Waals surface area contributed by atoms with Crippen molar-refractivity contribution in [1.82, 2.24) is 15.0 Å². The molecular weight excluding hydrogens is 446 g/mol. The maximum absolute atomic E-state index is 12.7. The molecule has 0 aliphatic carbocycles. The number of carbonyl (C=O) groups is 3. The lowest BCUT2D eigenvalue weighted by Crippen LogP contribution is -2.31. The highest BCUT2D eigenvalue weighted by Crippen LogP contribution is 2.13. The molecule has 2 amide bonds. The number of nitrogens with one attached hydrogen (secondary N) is 2. The Morgan fingerprint density at radius 2 is 1.73 bits per heavy atom. The van der Waals surface area contributed by atoms with E-state index in [9.17, 15) is 22.8 Å². The summed E-state index contributed by atoms with van der Waals surface area (Å²) in [4.78, 5) is 40.1. The Bertz CT molecular complexity index is 1070. The molecule has 0 aliphatic heterocycles. The minimum absolute atomic E-state index is 0.0104. The SMILES string of the molecule is CCCCCCNC(=O)c1cccc(S(=O)(=O)NC(=O)c2ccc(C(=O)OCCC)nc2)c1. The summed E-state index contributed by atoms with van der Waals surface area (Å²) in [7, 11) is -4.23. The first kappa shape index (κ1) is 26.0. The molecule has 0 aliphatic rings. The van der Waals surface area contributed by atoms with E-state index in [1.807, 2.05) is 11.6 Å². The van der Waals surface area contributed by atoms with Crippen LogP contribution in [0.5, 0.6) is 0 Å². The second-order valence-corrected chi connectivity index (χ2v) is 9.03. The van der Waals surface area contributed by atoms with E-state index in [0.717, 1.165) is 31.9 Å². The van der Waals surface area contributed by atoms with E-state index in [4.69, 9.17) is 4.74 Å². The quantitative estimate of drug-likeness (QED) is 0.356. The molecule has 2 aromatic rings. The number of ether oxygens (including phenoxy) is 1. The average molecular weight is 476 g/mol. The zero-order valence-corrected chi connectivity index (χ0v) is 19.6. The molecule has 0 fully saturated rings. The van der Waals surface area contributed by atoms with Crippen LogP contribution in [0.15, 0.2) is 47.5 Å². The summed E-state index contributed by atoms with van der Waals surface area (Å²) in [6, 6.07) is 8.00. The van der Waals surface area contributed by atoms with Gasteiger partial charge in [-0.25, -0.2) is 22.9 Å². The lowest BCUT2D eigenvalue weighted by atomic mass is 10.2. The number of sulfonamides is 1. The number of aromatic nitrogens is 1. The molecule has 0 saturated heterocycles. The zero-order chi connectivity index (χ0) is 24.3. The van der Waals surface area contributed by atoms with E-state index in [1.54, 1.807) is 0 Å². The van der Waals surface area contributed by atoms with Crippen LogP contribution in [0.25, 0.3) is 0 Å². The normalized spacial score (nSPS) is 11.0. The fourth-order valence-electron chi connectivity index (χ4n) is 2.82. The first-order valence-corrected chi connectivity index (χ1v) is 12.4. The maximum Gasteiger partial charge on any atom is 0.356 e. The van der Waals surface area contributed by atoms with Crippen LogP contribution < -0.4 is 10.0 Å². The highest BCUT2D eigenvalue weighted by atomic mass is 32.2. The van der Waals surface area contributed by atoms with Gasteiger partial charge in [0.05, 0.1) is 17.1 Å². The van der Waals surface area contributed by atoms with Gasteiger partial charge in [0.25, 0.3) is 21.8 Å². The Morgan fingerprint density at radius 1 is 0.939 bits per heavy atom. The number of hydrogen-bond donors (Lipinski definition) is 2. The van der Waals surface area contributed by atoms with Crippen LogP contribution in [0.2, 0.25) is 0 Å². The number of benzene rings is 1. The van der Waals surface area contributed by atoms with Gasteiger partial charge in [-0.1, -0.05) is 39.2 Å². The highest BCUT2D eigenvalue weighted by Gasteiger charge is 2.21. The molecule has 1 aromatic heterocycles. The van der Waals surface area contributed by atoms with Gasteiger partial charge in [-0.2, -0.15) is 0 Å². The van der Waals surface area contributed by atoms with Crippen LogP contribution in [0, 0.1) is 0 Å². The lowest BCUT2D eigenvalue weighted by molar-refractivity contribution is 0.0497. The van der Waals surface area contributed by atoms with Crippen LogP contribution in [0.4, 0.5) is 0 Å². The van der Waals surface area contributed by atoms with Gasteiger partial charge in [-0.15, -0.1) is 0 Å². The number of carbonyl (C=O) groups excluding carboxylic acids is 3. The molecule has 0 bridgehead atoms. The number of esters is 1. The molecule has 2 N–H and O–H groups in total. The number of nitrogens with zero attached hydrogens (tertiary/aromatic N) is 1. The number of unbranched alkanes of at least 4 members (excludes halogenated alkanes) is 3. The summed E-state index contributed by atoms with van der Waals surface area (Å²) >= 11 is 0. The van der Waals surface area contributed by atoms with Crippen LogP contribution in [0.3, 0.4) is 0 Å². The largest absolute Gasteiger partial charge is 0.461 e. The van der Waals surface area contributed by atoms with Gasteiger partial charge in [0, 0.05) is 18.3 Å². The van der Waals surface area contributed by atoms with Crippen LogP contribution >= 0.6 is 0 Å². The molecule has 0 unspecified atom stereocenters. The van der Waals surface area contributed by atoms with Crippen molar-refractivity contribution in [3.05, 3.63) is 59.4 Å². The monoisotopic (exact) mass is 475 g/mol. The molecular formula is C23H29N3O6S. The van der Waals surface area contributed by atoms with E-state index in [2.05, 4.69) is 17.2 Å². The third-order valence-electron chi connectivity index (χ3n) is 4.62. The number of rotatable bonds is 12. The minimum Gasteiger partial charge on any atom is -0.461 e. The summed E-state index contributed by atoms with van der Waals surface area (Å²) in [5.41, 5.74) is 0.139. The Hall–Kier alpha value is -3.27. The van der Waals surface area contributed by atoms with Gasteiger partial charge < -0.3 is 10.1 Å². The third kappa shape index (κ3) is 7.98. The van der Waals surface area contributed by atoms with E-state index in [0.29, 0.717) is 13.0 Å². The first-order valence-electron chi connectivity index (χ1n) is 10.9. The molecule has 10 heteroatoms. The Kier molecular flexibility index (Phi) is 9.99. The summed E-state index contributed by atoms with van der Waals surface area (Å²) in [5.74, 6) is -1.93. The second kappa shape index (κ2) is 12.7. The van der Waals surface area contributed by atoms with Gasteiger partial charge >= 0.3 is 5.97 Å². The van der Waals surface area contributed by atoms with E-state index in [1.165, 1.54) is 36.4 Å². The molecule has 0 saturated carbocycles. The smallest absolute Gasteiger partial charge is 0.356 e. The Balaban J connectivity index is 2.03. The van der Waals surface area contributed by atoms with Crippen molar-refractivity contribution in [2.45, 2.75) is 50.8 Å². The zero-order valence-electron chi connectivity index (χ0n) is 18.8. The first-order chi connectivity index (χ1) is 15.8. The van der Waals surface area contributed by atoms with E-state index < -0.39 is 21.9 Å². The van der Waals surface area contributed by atoms with Crippen LogP contribution in [0.1, 0.15) is 77.2 Å². The number of hydrogen-bond acceptors (Lipinski definition) is 7. The van der Waals surface area contributed by atoms with Crippen molar-refractivity contribution >= 4 is 27.8 Å². The van der Waals surface area contributed by atoms with Crippen molar-refractivity contribution in [3.8, 4) is 0 Å². The average Bonchev–Trinajstić information content (AvgIpc) is 2.82. The molecule has 0 spiro atoms. The van der Waals surface area contributed by atoms with Gasteiger partial charge in [0.15, 0.2) is 0 Å². The van der Waals surface area contributed by atoms with Crippen molar-refractivity contribution in [3.63, 3.8) is 0 Å². The van der Waals surface area contributed by atoms with Gasteiger partial charge in [0.2, 0.25) is 0 Å². The summed E-state index contributed by atoms with van der Waals surface area (Å²) < 4.78 is 32.2. The van der Waals surface area contributed by atoms with E-state index in [-0.39, 0.29) is 34.2 Å². The number of pyridine rings is 1. The molecule has 0 radical (unpaired) electrons. The summed E-state index contributed by atoms with van der Waals surface area (Å²) in [6.45, 7) is 4.70. The van der Waals surface area contributed by atoms with Crippen molar-refractivity contribution in [2.24, 2.45) is 0 Å². The standard InChI is InChI=1S/C23H29N3O6S/c1-3-5-6-7-13-24-21(27)17-9-8-10-19(15-17)33(30,31)26-22(28)18-11-12-20(25-16-18)23(29)32-14-4-2/h8-12,15-16H,3-7,13-14H2,1-2H3,(H,24,27)(H,26,28). The summed E-state index contributed by atoms with van der Waals surface area (Å²) in [6.07, 6.45) is 5.78. The predicted molar refractivity (Wildman–Crippen MR) is 122 cm³/mol. The third-order valence-corrected chi connectivity index (χ3v) is 5.95. The lowest BCUT2D eigenvalue weighted by Gasteiger charge is -2.09. The Labute approximate surface area is 194 Å². The topological polar surface area (TPSA) is 132 Å². The molecule has 1 aromatic carbocycles. The minimum atomic E-state index is -4.23. The molecule has 1 heterocycles. The fourth-order valence-corrected chi connectivity index (χ4v) is 3.84. The summed E-state index contributed by atoms with van der Waals surface area (Å²) in [5, 5.41) is 2.76. The highest BCUT2D eigenvalue weighted by molar-refractivity contribution is 7.90. The van der Waals surface area contributed by atoms with Gasteiger partial charge in [0.1, 0.15) is 5.69 Å². The maximum atomic E-state index is 12.7.